The van der Waals surface area contributed by atoms with Crippen molar-refractivity contribution in [2.75, 3.05) is 5.88 Å². The molecule has 0 aromatic heterocycles. The van der Waals surface area contributed by atoms with Gasteiger partial charge in [0.15, 0.2) is 17.2 Å². The summed E-state index contributed by atoms with van der Waals surface area (Å²) in [6.07, 6.45) is 8.98. The highest BCUT2D eigenvalue weighted by molar-refractivity contribution is 6.29. The summed E-state index contributed by atoms with van der Waals surface area (Å²) in [4.78, 5) is 38.2. The Morgan fingerprint density at radius 1 is 1.18 bits per heavy atom. The van der Waals surface area contributed by atoms with Crippen LogP contribution < -0.4 is 0 Å². The van der Waals surface area contributed by atoms with Crippen LogP contribution in [0.1, 0.15) is 91.4 Å². The number of halogens is 1. The number of aliphatic hydroxyl groups is 1. The number of fused-ring (bicyclic) bond motifs is 5. The number of Topliss-reactive ketones (excluding diaryl/α,β-unsaturated/α-hetero) is 1. The van der Waals surface area contributed by atoms with E-state index in [-0.39, 0.29) is 46.6 Å². The summed E-state index contributed by atoms with van der Waals surface area (Å²) in [5.74, 6) is -0.0806. The summed E-state index contributed by atoms with van der Waals surface area (Å²) in [7, 11) is 0. The van der Waals surface area contributed by atoms with E-state index in [4.69, 9.17) is 16.3 Å². The molecular weight excluding hydrogens is 440 g/mol. The fourth-order valence-electron chi connectivity index (χ4n) is 8.23. The maximum Gasteiger partial charge on any atom is 0.306 e. The van der Waals surface area contributed by atoms with Crippen LogP contribution in [0.5, 0.6) is 0 Å². The van der Waals surface area contributed by atoms with Crippen LogP contribution in [0.4, 0.5) is 0 Å². The smallest absolute Gasteiger partial charge is 0.306 e. The Hall–Kier alpha value is -1.20. The van der Waals surface area contributed by atoms with Gasteiger partial charge in [0.25, 0.3) is 0 Å². The Balaban J connectivity index is 1.66. The van der Waals surface area contributed by atoms with E-state index < -0.39 is 17.1 Å². The third kappa shape index (κ3) is 3.82. The molecule has 0 bridgehead atoms. The first-order valence-corrected chi connectivity index (χ1v) is 13.4. The molecule has 0 aliphatic heterocycles. The second kappa shape index (κ2) is 9.11. The number of hydrogen-bond donors (Lipinski definition) is 1. The second-order valence-electron chi connectivity index (χ2n) is 11.4. The van der Waals surface area contributed by atoms with Gasteiger partial charge in [0.1, 0.15) is 0 Å². The third-order valence-corrected chi connectivity index (χ3v) is 10.1. The minimum atomic E-state index is -1.26. The normalized spacial score (nSPS) is 42.1. The molecule has 4 rings (SSSR count). The van der Waals surface area contributed by atoms with Gasteiger partial charge in [-0.05, 0) is 74.2 Å². The third-order valence-electron chi connectivity index (χ3n) is 9.86. The molecule has 5 nitrogen and oxygen atoms in total. The Kier molecular flexibility index (Phi) is 6.88. The monoisotopic (exact) mass is 478 g/mol. The van der Waals surface area contributed by atoms with Crippen molar-refractivity contribution < 1.29 is 24.2 Å². The van der Waals surface area contributed by atoms with Crippen molar-refractivity contribution in [3.05, 3.63) is 11.6 Å². The molecule has 0 unspecified atom stereocenters. The first-order chi connectivity index (χ1) is 15.6. The minimum Gasteiger partial charge on any atom is -0.450 e. The lowest BCUT2D eigenvalue weighted by Crippen LogP contribution is -2.63. The van der Waals surface area contributed by atoms with Gasteiger partial charge in [-0.3, -0.25) is 14.4 Å². The van der Waals surface area contributed by atoms with Gasteiger partial charge in [-0.15, -0.1) is 11.6 Å². The van der Waals surface area contributed by atoms with Gasteiger partial charge in [-0.25, -0.2) is 0 Å². The van der Waals surface area contributed by atoms with E-state index in [0.717, 1.165) is 44.9 Å². The zero-order valence-electron chi connectivity index (χ0n) is 20.3. The molecule has 4 aliphatic carbocycles. The minimum absolute atomic E-state index is 0.0610. The quantitative estimate of drug-likeness (QED) is 0.310. The molecule has 0 radical (unpaired) electrons. The number of aliphatic hydroxyl groups excluding tert-OH is 1. The molecule has 184 valence electrons. The van der Waals surface area contributed by atoms with E-state index in [9.17, 15) is 19.5 Å². The highest BCUT2D eigenvalue weighted by atomic mass is 35.5. The lowest BCUT2D eigenvalue weighted by atomic mass is 9.45. The van der Waals surface area contributed by atoms with E-state index in [1.807, 2.05) is 13.0 Å². The maximum absolute atomic E-state index is 13.3. The number of hydrogen-bond acceptors (Lipinski definition) is 5. The summed E-state index contributed by atoms with van der Waals surface area (Å²) in [6.45, 7) is 6.35. The second-order valence-corrected chi connectivity index (χ2v) is 11.7. The SMILES string of the molecule is CCCCCC(=O)O[C@]1(C(=O)CCl)CC[C@H]2[C@@H]3CCC4=CC(=O)CC[C@]4(C)[C@H]3[C@@H](O)C[C@@]21C. The molecule has 1 N–H and O–H groups in total. The summed E-state index contributed by atoms with van der Waals surface area (Å²) < 4.78 is 6.10. The van der Waals surface area contributed by atoms with Crippen LogP contribution >= 0.6 is 11.6 Å². The maximum atomic E-state index is 13.3. The van der Waals surface area contributed by atoms with Gasteiger partial charge >= 0.3 is 5.97 Å². The molecule has 0 spiro atoms. The molecule has 0 aromatic carbocycles. The molecule has 4 aliphatic rings. The van der Waals surface area contributed by atoms with Crippen molar-refractivity contribution in [1.82, 2.24) is 0 Å². The van der Waals surface area contributed by atoms with Crippen molar-refractivity contribution in [1.29, 1.82) is 0 Å². The molecular formula is C27H39ClO5. The van der Waals surface area contributed by atoms with Crippen LogP contribution in [0.25, 0.3) is 0 Å². The molecule has 7 atom stereocenters. The van der Waals surface area contributed by atoms with Gasteiger partial charge in [0, 0.05) is 18.3 Å². The van der Waals surface area contributed by atoms with Crippen LogP contribution in [0.3, 0.4) is 0 Å². The van der Waals surface area contributed by atoms with Crippen molar-refractivity contribution in [2.45, 2.75) is 103 Å². The zero-order valence-corrected chi connectivity index (χ0v) is 21.1. The van der Waals surface area contributed by atoms with E-state index in [1.54, 1.807) is 0 Å². The molecule has 3 saturated carbocycles. The van der Waals surface area contributed by atoms with E-state index in [0.29, 0.717) is 25.7 Å². The molecule has 0 heterocycles. The number of allylic oxidation sites excluding steroid dienone is 1. The van der Waals surface area contributed by atoms with Crippen LogP contribution in [0.15, 0.2) is 11.6 Å². The van der Waals surface area contributed by atoms with Crippen molar-refractivity contribution >= 4 is 29.1 Å². The number of alkyl halides is 1. The fourth-order valence-corrected chi connectivity index (χ4v) is 8.45. The van der Waals surface area contributed by atoms with Gasteiger partial charge in [0.05, 0.1) is 12.0 Å². The van der Waals surface area contributed by atoms with Crippen LogP contribution in [-0.2, 0) is 19.1 Å². The lowest BCUT2D eigenvalue weighted by molar-refractivity contribution is -0.200. The Labute approximate surface area is 202 Å². The summed E-state index contributed by atoms with van der Waals surface area (Å²) in [6, 6.07) is 0. The van der Waals surface area contributed by atoms with Crippen molar-refractivity contribution in [2.24, 2.45) is 28.6 Å². The average Bonchev–Trinajstić information content (AvgIpc) is 3.06. The zero-order chi connectivity index (χ0) is 24.0. The number of esters is 1. The molecule has 0 saturated heterocycles. The Bertz CT molecular complexity index is 851. The highest BCUT2D eigenvalue weighted by Crippen LogP contribution is 2.68. The van der Waals surface area contributed by atoms with Crippen LogP contribution in [0.2, 0.25) is 0 Å². The van der Waals surface area contributed by atoms with Crippen LogP contribution in [0, 0.1) is 28.6 Å². The largest absolute Gasteiger partial charge is 0.450 e. The number of ether oxygens (including phenoxy) is 1. The van der Waals surface area contributed by atoms with Crippen LogP contribution in [-0.4, -0.2) is 40.2 Å². The van der Waals surface area contributed by atoms with Gasteiger partial charge in [-0.2, -0.15) is 0 Å². The molecule has 3 fully saturated rings. The number of carbonyl (C=O) groups is 3. The standard InChI is InChI=1S/C27H39ClO5/c1-4-5-6-7-23(32)33-27(22(31)16-28)13-11-20-19-9-8-17-14-18(29)10-12-25(17,2)24(19)21(30)15-26(20,27)3/h14,19-21,24,30H,4-13,15-16H2,1-3H3/t19-,20-,21-,24+,25-,26-,27-/m0/s1. The molecule has 6 heteroatoms. The highest BCUT2D eigenvalue weighted by Gasteiger charge is 2.70. The van der Waals surface area contributed by atoms with Gasteiger partial charge < -0.3 is 9.84 Å². The topological polar surface area (TPSA) is 80.7 Å². The van der Waals surface area contributed by atoms with Crippen molar-refractivity contribution in [3.63, 3.8) is 0 Å². The van der Waals surface area contributed by atoms with Gasteiger partial charge in [-0.1, -0.05) is 39.2 Å². The number of ketones is 2. The number of unbranched alkanes of at least 4 members (excludes halogenated alkanes) is 2. The Morgan fingerprint density at radius 3 is 2.64 bits per heavy atom. The predicted molar refractivity (Wildman–Crippen MR) is 127 cm³/mol. The Morgan fingerprint density at radius 2 is 1.94 bits per heavy atom. The van der Waals surface area contributed by atoms with E-state index in [1.165, 1.54) is 5.57 Å². The predicted octanol–water partition coefficient (Wildman–Crippen LogP) is 5.16. The summed E-state index contributed by atoms with van der Waals surface area (Å²) in [5.41, 5.74) is -0.891. The first kappa shape index (κ1) is 24.9. The fraction of sp³-hybridized carbons (Fsp3) is 0.815. The lowest BCUT2D eigenvalue weighted by Gasteiger charge is -2.60. The summed E-state index contributed by atoms with van der Waals surface area (Å²) >= 11 is 6.08. The molecule has 33 heavy (non-hydrogen) atoms. The van der Waals surface area contributed by atoms with Gasteiger partial charge in [0.2, 0.25) is 0 Å². The van der Waals surface area contributed by atoms with E-state index >= 15 is 0 Å². The summed E-state index contributed by atoms with van der Waals surface area (Å²) in [5, 5.41) is 11.6. The average molecular weight is 479 g/mol. The van der Waals surface area contributed by atoms with Crippen molar-refractivity contribution in [3.8, 4) is 0 Å². The molecule has 0 aromatic rings. The first-order valence-electron chi connectivity index (χ1n) is 12.9. The van der Waals surface area contributed by atoms with E-state index in [2.05, 4.69) is 13.8 Å². The number of rotatable bonds is 7. The molecule has 0 amide bonds. The number of carbonyl (C=O) groups excluding carboxylic acids is 3.